The molecular formula is C31H33N7. The molecule has 6 heterocycles. The van der Waals surface area contributed by atoms with E-state index in [9.17, 15) is 0 Å². The standard InChI is InChI=1S/C31H33N7/c1-19(2)36-16-24-10-9-23(36)17-37(24)29-12-11-22(15-32-29)38-31-21(4)7-6-8-25(31)30(34-38)26-13-20(3)14-28-27(26)18-35(5)33-28/h6-8,11-15,18,23-24H,1,9-10,16-17H2,2-5H3. The second kappa shape index (κ2) is 8.45. The van der Waals surface area contributed by atoms with Crippen molar-refractivity contribution in [3.63, 3.8) is 0 Å². The van der Waals surface area contributed by atoms with Crippen LogP contribution in [0.25, 0.3) is 38.8 Å². The van der Waals surface area contributed by atoms with Crippen LogP contribution in [0.4, 0.5) is 5.82 Å². The number of allylic oxidation sites excluding steroid dienone is 1. The number of piperazine rings is 1. The highest BCUT2D eigenvalue weighted by Gasteiger charge is 2.39. The van der Waals surface area contributed by atoms with Crippen molar-refractivity contribution in [3.8, 4) is 16.9 Å². The number of aromatic nitrogens is 5. The first kappa shape index (κ1) is 23.0. The predicted octanol–water partition coefficient (Wildman–Crippen LogP) is 5.78. The zero-order valence-electron chi connectivity index (χ0n) is 22.5. The zero-order valence-corrected chi connectivity index (χ0v) is 22.5. The molecule has 2 bridgehead atoms. The minimum absolute atomic E-state index is 0.484. The van der Waals surface area contributed by atoms with Gasteiger partial charge in [0, 0.05) is 60.5 Å². The van der Waals surface area contributed by atoms with E-state index in [1.165, 1.54) is 29.7 Å². The Kier molecular flexibility index (Phi) is 5.12. The van der Waals surface area contributed by atoms with Crippen LogP contribution in [0.15, 0.2) is 67.1 Å². The van der Waals surface area contributed by atoms with Gasteiger partial charge in [-0.3, -0.25) is 4.68 Å². The third kappa shape index (κ3) is 3.52. The molecule has 7 heteroatoms. The van der Waals surface area contributed by atoms with E-state index < -0.39 is 0 Å². The molecule has 2 unspecified atom stereocenters. The molecule has 7 nitrogen and oxygen atoms in total. The van der Waals surface area contributed by atoms with E-state index in [2.05, 4.69) is 95.6 Å². The Morgan fingerprint density at radius 3 is 2.55 bits per heavy atom. The van der Waals surface area contributed by atoms with Crippen LogP contribution in [-0.2, 0) is 7.05 Å². The maximum Gasteiger partial charge on any atom is 0.129 e. The number of hydrogen-bond donors (Lipinski definition) is 0. The smallest absolute Gasteiger partial charge is 0.129 e. The molecule has 0 aliphatic carbocycles. The molecule has 0 radical (unpaired) electrons. The number of pyridine rings is 1. The molecule has 3 aliphatic heterocycles. The summed E-state index contributed by atoms with van der Waals surface area (Å²) in [5, 5.41) is 12.1. The zero-order chi connectivity index (χ0) is 26.1. The van der Waals surface area contributed by atoms with Gasteiger partial charge in [0.15, 0.2) is 0 Å². The van der Waals surface area contributed by atoms with Crippen LogP contribution in [0, 0.1) is 13.8 Å². The summed E-state index contributed by atoms with van der Waals surface area (Å²) >= 11 is 0. The highest BCUT2D eigenvalue weighted by atomic mass is 15.3. The van der Waals surface area contributed by atoms with E-state index in [0.717, 1.165) is 57.7 Å². The summed E-state index contributed by atoms with van der Waals surface area (Å²) in [4.78, 5) is 9.93. The van der Waals surface area contributed by atoms with E-state index in [1.54, 1.807) is 0 Å². The summed E-state index contributed by atoms with van der Waals surface area (Å²) in [6, 6.07) is 16.1. The van der Waals surface area contributed by atoms with Gasteiger partial charge in [-0.15, -0.1) is 0 Å². The van der Waals surface area contributed by atoms with Crippen molar-refractivity contribution in [2.45, 2.75) is 45.7 Å². The SMILES string of the molecule is C=C(C)N1CC2CCC1CN2c1ccc(-n2nc(-c3cc(C)cc4nn(C)cc34)c3cccc(C)c32)cn1. The van der Waals surface area contributed by atoms with Crippen molar-refractivity contribution in [3.05, 3.63) is 78.3 Å². The van der Waals surface area contributed by atoms with Crippen molar-refractivity contribution in [1.29, 1.82) is 0 Å². The molecule has 0 amide bonds. The first-order valence-electron chi connectivity index (χ1n) is 13.5. The van der Waals surface area contributed by atoms with Crippen LogP contribution < -0.4 is 4.90 Å². The monoisotopic (exact) mass is 503 g/mol. The lowest BCUT2D eigenvalue weighted by molar-refractivity contribution is 0.132. The quantitative estimate of drug-likeness (QED) is 0.311. The molecule has 192 valence electrons. The summed E-state index contributed by atoms with van der Waals surface area (Å²) in [6.07, 6.45) is 6.51. The number of nitrogens with zero attached hydrogens (tertiary/aromatic N) is 7. The van der Waals surface area contributed by atoms with Gasteiger partial charge in [0.25, 0.3) is 0 Å². The lowest BCUT2D eigenvalue weighted by Gasteiger charge is -2.53. The van der Waals surface area contributed by atoms with Crippen molar-refractivity contribution in [1.82, 2.24) is 29.4 Å². The molecule has 38 heavy (non-hydrogen) atoms. The van der Waals surface area contributed by atoms with Gasteiger partial charge in [0.1, 0.15) is 11.5 Å². The topological polar surface area (TPSA) is 55.0 Å². The summed E-state index contributed by atoms with van der Waals surface area (Å²) in [5.41, 5.74) is 8.70. The number of hydrogen-bond acceptors (Lipinski definition) is 5. The van der Waals surface area contributed by atoms with Gasteiger partial charge in [0.2, 0.25) is 0 Å². The Bertz CT molecular complexity index is 1710. The molecule has 5 aromatic rings. The van der Waals surface area contributed by atoms with Gasteiger partial charge < -0.3 is 9.80 Å². The number of anilines is 1. The van der Waals surface area contributed by atoms with Gasteiger partial charge in [-0.25, -0.2) is 9.67 Å². The minimum Gasteiger partial charge on any atom is -0.369 e. The fourth-order valence-electron chi connectivity index (χ4n) is 6.55. The third-order valence-corrected chi connectivity index (χ3v) is 8.33. The first-order valence-corrected chi connectivity index (χ1v) is 13.5. The molecule has 0 spiro atoms. The molecule has 2 aromatic carbocycles. The van der Waals surface area contributed by atoms with E-state index in [4.69, 9.17) is 10.1 Å². The Balaban J connectivity index is 1.31. The van der Waals surface area contributed by atoms with Gasteiger partial charge >= 0.3 is 0 Å². The van der Waals surface area contributed by atoms with E-state index >= 15 is 0 Å². The fraction of sp³-hybridized carbons (Fsp3) is 0.323. The summed E-state index contributed by atoms with van der Waals surface area (Å²) < 4.78 is 3.94. The van der Waals surface area contributed by atoms with Gasteiger partial charge in [0.05, 0.1) is 22.9 Å². The minimum atomic E-state index is 0.484. The summed E-state index contributed by atoms with van der Waals surface area (Å²) in [5.74, 6) is 1.05. The Morgan fingerprint density at radius 1 is 0.974 bits per heavy atom. The van der Waals surface area contributed by atoms with Crippen LogP contribution >= 0.6 is 0 Å². The van der Waals surface area contributed by atoms with Crippen molar-refractivity contribution < 1.29 is 0 Å². The largest absolute Gasteiger partial charge is 0.369 e. The van der Waals surface area contributed by atoms with Gasteiger partial charge in [-0.05, 0) is 69.0 Å². The number of para-hydroxylation sites is 1. The van der Waals surface area contributed by atoms with Crippen LogP contribution in [0.2, 0.25) is 0 Å². The third-order valence-electron chi connectivity index (χ3n) is 8.33. The first-order chi connectivity index (χ1) is 18.4. The molecule has 0 N–H and O–H groups in total. The molecule has 8 rings (SSSR count). The average Bonchev–Trinajstić information content (AvgIpc) is 3.49. The molecule has 0 saturated carbocycles. The maximum atomic E-state index is 5.21. The Morgan fingerprint density at radius 2 is 1.82 bits per heavy atom. The number of benzene rings is 2. The molecular weight excluding hydrogens is 470 g/mol. The van der Waals surface area contributed by atoms with E-state index in [1.807, 2.05) is 17.9 Å². The number of rotatable bonds is 4. The van der Waals surface area contributed by atoms with E-state index in [-0.39, 0.29) is 0 Å². The molecule has 3 fully saturated rings. The van der Waals surface area contributed by atoms with Crippen molar-refractivity contribution in [2.75, 3.05) is 18.0 Å². The van der Waals surface area contributed by atoms with Gasteiger partial charge in [-0.1, -0.05) is 24.8 Å². The second-order valence-electron chi connectivity index (χ2n) is 11.1. The average molecular weight is 504 g/mol. The molecule has 3 saturated heterocycles. The maximum absolute atomic E-state index is 5.21. The Labute approximate surface area is 223 Å². The van der Waals surface area contributed by atoms with Crippen molar-refractivity contribution in [2.24, 2.45) is 7.05 Å². The van der Waals surface area contributed by atoms with Crippen LogP contribution in [-0.4, -0.2) is 54.6 Å². The number of aryl methyl sites for hydroxylation is 3. The lowest BCUT2D eigenvalue weighted by atomic mass is 9.90. The molecule has 3 aliphatic rings. The van der Waals surface area contributed by atoms with Crippen molar-refractivity contribution >= 4 is 27.6 Å². The highest BCUT2D eigenvalue weighted by molar-refractivity contribution is 6.04. The summed E-state index contributed by atoms with van der Waals surface area (Å²) in [7, 11) is 1.97. The highest BCUT2D eigenvalue weighted by Crippen LogP contribution is 2.37. The van der Waals surface area contributed by atoms with Crippen LogP contribution in [0.3, 0.4) is 0 Å². The van der Waals surface area contributed by atoms with E-state index in [0.29, 0.717) is 12.1 Å². The molecule has 3 aromatic heterocycles. The predicted molar refractivity (Wildman–Crippen MR) is 154 cm³/mol. The van der Waals surface area contributed by atoms with Crippen LogP contribution in [0.1, 0.15) is 30.9 Å². The normalized spacial score (nSPS) is 19.2. The Hall–Kier alpha value is -4.13. The number of fused-ring (bicyclic) bond motifs is 5. The fourth-order valence-corrected chi connectivity index (χ4v) is 6.55. The second-order valence-corrected chi connectivity index (χ2v) is 11.1. The van der Waals surface area contributed by atoms with Crippen LogP contribution in [0.5, 0.6) is 0 Å². The number of piperidine rings is 2. The lowest BCUT2D eigenvalue weighted by Crippen LogP contribution is -2.62. The van der Waals surface area contributed by atoms with Gasteiger partial charge in [-0.2, -0.15) is 10.2 Å². The summed E-state index contributed by atoms with van der Waals surface area (Å²) in [6.45, 7) is 12.6. The molecule has 2 atom stereocenters.